The zero-order valence-electron chi connectivity index (χ0n) is 14.7. The second-order valence-corrected chi connectivity index (χ2v) is 6.51. The van der Waals surface area contributed by atoms with Crippen molar-refractivity contribution in [3.8, 4) is 11.5 Å². The lowest BCUT2D eigenvalue weighted by molar-refractivity contribution is 0.0581. The number of hydrogen-bond donors (Lipinski definition) is 0. The SMILES string of the molecule is COc1ccccc1OC1CCN(C(=O)c2c(Cl)c(C)nn2C)CC1. The van der Waals surface area contributed by atoms with Gasteiger partial charge < -0.3 is 14.4 Å². The molecule has 2 heterocycles. The Hall–Kier alpha value is -2.21. The van der Waals surface area contributed by atoms with Crippen molar-refractivity contribution in [2.45, 2.75) is 25.9 Å². The molecule has 1 saturated heterocycles. The normalized spacial score (nSPS) is 15.3. The third kappa shape index (κ3) is 3.58. The summed E-state index contributed by atoms with van der Waals surface area (Å²) in [4.78, 5) is 14.5. The fourth-order valence-electron chi connectivity index (χ4n) is 3.09. The first kappa shape index (κ1) is 17.6. The molecule has 7 heteroatoms. The molecule has 1 aromatic carbocycles. The van der Waals surface area contributed by atoms with Crippen LogP contribution in [0.3, 0.4) is 0 Å². The highest BCUT2D eigenvalue weighted by Gasteiger charge is 2.29. The van der Waals surface area contributed by atoms with Gasteiger partial charge in [-0.15, -0.1) is 0 Å². The van der Waals surface area contributed by atoms with Crippen LogP contribution in [-0.2, 0) is 7.05 Å². The second kappa shape index (κ2) is 7.35. The van der Waals surface area contributed by atoms with Crippen LogP contribution in [0.2, 0.25) is 5.02 Å². The zero-order chi connectivity index (χ0) is 18.0. The van der Waals surface area contributed by atoms with Gasteiger partial charge in [0, 0.05) is 33.0 Å². The van der Waals surface area contributed by atoms with Crippen LogP contribution >= 0.6 is 11.6 Å². The molecule has 25 heavy (non-hydrogen) atoms. The van der Waals surface area contributed by atoms with Gasteiger partial charge in [-0.3, -0.25) is 9.48 Å². The van der Waals surface area contributed by atoms with Gasteiger partial charge in [0.1, 0.15) is 11.8 Å². The van der Waals surface area contributed by atoms with Crippen LogP contribution in [0.25, 0.3) is 0 Å². The van der Waals surface area contributed by atoms with Crippen LogP contribution in [0.4, 0.5) is 0 Å². The maximum Gasteiger partial charge on any atom is 0.273 e. The monoisotopic (exact) mass is 363 g/mol. The predicted molar refractivity (Wildman–Crippen MR) is 95.5 cm³/mol. The minimum absolute atomic E-state index is 0.0593. The fourth-order valence-corrected chi connectivity index (χ4v) is 3.33. The van der Waals surface area contributed by atoms with Gasteiger partial charge in [-0.25, -0.2) is 0 Å². The largest absolute Gasteiger partial charge is 0.493 e. The molecule has 2 aromatic rings. The number of nitrogens with zero attached hydrogens (tertiary/aromatic N) is 3. The minimum Gasteiger partial charge on any atom is -0.493 e. The molecule has 3 rings (SSSR count). The van der Waals surface area contributed by atoms with E-state index in [1.54, 1.807) is 25.8 Å². The first-order chi connectivity index (χ1) is 12.0. The number of benzene rings is 1. The first-order valence-corrected chi connectivity index (χ1v) is 8.67. The maximum atomic E-state index is 12.7. The molecule has 6 nitrogen and oxygen atoms in total. The van der Waals surface area contributed by atoms with Gasteiger partial charge in [0.05, 0.1) is 17.8 Å². The Bertz CT molecular complexity index is 767. The molecular formula is C18H22ClN3O3. The molecule has 0 bridgehead atoms. The number of piperidine rings is 1. The molecule has 0 atom stereocenters. The van der Waals surface area contributed by atoms with E-state index in [9.17, 15) is 4.79 Å². The first-order valence-electron chi connectivity index (χ1n) is 8.29. The molecule has 0 saturated carbocycles. The lowest BCUT2D eigenvalue weighted by Gasteiger charge is -2.32. The van der Waals surface area contributed by atoms with Crippen LogP contribution in [0.5, 0.6) is 11.5 Å². The van der Waals surface area contributed by atoms with Gasteiger partial charge in [-0.1, -0.05) is 23.7 Å². The van der Waals surface area contributed by atoms with Crippen LogP contribution in [0.1, 0.15) is 29.0 Å². The van der Waals surface area contributed by atoms with Crippen LogP contribution < -0.4 is 9.47 Å². The van der Waals surface area contributed by atoms with Gasteiger partial charge in [0.15, 0.2) is 11.5 Å². The van der Waals surface area contributed by atoms with Gasteiger partial charge in [-0.05, 0) is 19.1 Å². The number of para-hydroxylation sites is 2. The van der Waals surface area contributed by atoms with Crippen LogP contribution in [-0.4, -0.2) is 46.9 Å². The topological polar surface area (TPSA) is 56.6 Å². The summed E-state index contributed by atoms with van der Waals surface area (Å²) >= 11 is 6.23. The Morgan fingerprint density at radius 2 is 1.88 bits per heavy atom. The maximum absolute atomic E-state index is 12.7. The van der Waals surface area contributed by atoms with Crippen molar-refractivity contribution in [1.29, 1.82) is 0 Å². The van der Waals surface area contributed by atoms with Gasteiger partial charge in [-0.2, -0.15) is 5.10 Å². The summed E-state index contributed by atoms with van der Waals surface area (Å²) in [7, 11) is 3.37. The number of aromatic nitrogens is 2. The van der Waals surface area contributed by atoms with Crippen molar-refractivity contribution in [3.63, 3.8) is 0 Å². The highest BCUT2D eigenvalue weighted by atomic mass is 35.5. The van der Waals surface area contributed by atoms with Crippen molar-refractivity contribution >= 4 is 17.5 Å². The number of aryl methyl sites for hydroxylation is 2. The number of amides is 1. The summed E-state index contributed by atoms with van der Waals surface area (Å²) in [6.07, 6.45) is 1.58. The zero-order valence-corrected chi connectivity index (χ0v) is 15.4. The van der Waals surface area contributed by atoms with E-state index >= 15 is 0 Å². The van der Waals surface area contributed by atoms with E-state index in [1.807, 2.05) is 29.2 Å². The number of methoxy groups -OCH3 is 1. The lowest BCUT2D eigenvalue weighted by atomic mass is 10.1. The molecule has 1 fully saturated rings. The van der Waals surface area contributed by atoms with E-state index < -0.39 is 0 Å². The van der Waals surface area contributed by atoms with E-state index in [-0.39, 0.29) is 12.0 Å². The number of carbonyl (C=O) groups is 1. The Balaban J connectivity index is 1.63. The van der Waals surface area contributed by atoms with Crippen molar-refractivity contribution in [2.75, 3.05) is 20.2 Å². The summed E-state index contributed by atoms with van der Waals surface area (Å²) < 4.78 is 12.9. The molecular weight excluding hydrogens is 342 g/mol. The average molecular weight is 364 g/mol. The van der Waals surface area contributed by atoms with Crippen LogP contribution in [0.15, 0.2) is 24.3 Å². The number of rotatable bonds is 4. The summed E-state index contributed by atoms with van der Waals surface area (Å²) in [5, 5.41) is 4.65. The van der Waals surface area contributed by atoms with E-state index in [0.29, 0.717) is 29.5 Å². The standard InChI is InChI=1S/C18H22ClN3O3/c1-12-16(19)17(21(2)20-12)18(23)22-10-8-13(9-11-22)25-15-7-5-4-6-14(15)24-3/h4-7,13H,8-11H2,1-3H3. The summed E-state index contributed by atoms with van der Waals surface area (Å²) in [6, 6.07) is 7.60. The molecule has 1 amide bonds. The Morgan fingerprint density at radius 3 is 2.44 bits per heavy atom. The number of carbonyl (C=O) groups excluding carboxylic acids is 1. The van der Waals surface area contributed by atoms with Crippen molar-refractivity contribution in [1.82, 2.24) is 14.7 Å². The molecule has 0 aliphatic carbocycles. The van der Waals surface area contributed by atoms with Crippen molar-refractivity contribution < 1.29 is 14.3 Å². The molecule has 134 valence electrons. The predicted octanol–water partition coefficient (Wildman–Crippen LogP) is 3.07. The number of hydrogen-bond acceptors (Lipinski definition) is 4. The molecule has 0 unspecified atom stereocenters. The lowest BCUT2D eigenvalue weighted by Crippen LogP contribution is -2.42. The Kier molecular flexibility index (Phi) is 5.18. The van der Waals surface area contributed by atoms with Crippen molar-refractivity contribution in [3.05, 3.63) is 40.7 Å². The van der Waals surface area contributed by atoms with Gasteiger partial charge >= 0.3 is 0 Å². The highest BCUT2D eigenvalue weighted by Crippen LogP contribution is 2.29. The molecule has 0 spiro atoms. The quantitative estimate of drug-likeness (QED) is 0.837. The van der Waals surface area contributed by atoms with E-state index in [1.165, 1.54) is 0 Å². The molecule has 0 radical (unpaired) electrons. The average Bonchev–Trinajstić information content (AvgIpc) is 2.87. The molecule has 1 aliphatic heterocycles. The van der Waals surface area contributed by atoms with E-state index in [0.717, 1.165) is 24.3 Å². The third-order valence-electron chi connectivity index (χ3n) is 4.44. The van der Waals surface area contributed by atoms with Crippen molar-refractivity contribution in [2.24, 2.45) is 7.05 Å². The van der Waals surface area contributed by atoms with E-state index in [2.05, 4.69) is 5.10 Å². The number of halogens is 1. The number of likely N-dealkylation sites (tertiary alicyclic amines) is 1. The Labute approximate surface area is 152 Å². The molecule has 1 aromatic heterocycles. The minimum atomic E-state index is -0.0798. The van der Waals surface area contributed by atoms with Gasteiger partial charge in [0.2, 0.25) is 0 Å². The molecule has 0 N–H and O–H groups in total. The molecule has 1 aliphatic rings. The van der Waals surface area contributed by atoms with E-state index in [4.69, 9.17) is 21.1 Å². The second-order valence-electron chi connectivity index (χ2n) is 6.13. The summed E-state index contributed by atoms with van der Waals surface area (Å²) in [6.45, 7) is 3.05. The Morgan fingerprint density at radius 1 is 1.24 bits per heavy atom. The fraction of sp³-hybridized carbons (Fsp3) is 0.444. The summed E-state index contributed by atoms with van der Waals surface area (Å²) in [5.41, 5.74) is 1.12. The van der Waals surface area contributed by atoms with Crippen LogP contribution in [0, 0.1) is 6.92 Å². The third-order valence-corrected chi connectivity index (χ3v) is 4.90. The smallest absolute Gasteiger partial charge is 0.273 e. The summed E-state index contributed by atoms with van der Waals surface area (Å²) in [5.74, 6) is 1.38. The number of ether oxygens (including phenoxy) is 2. The highest BCUT2D eigenvalue weighted by molar-refractivity contribution is 6.34. The van der Waals surface area contributed by atoms with Gasteiger partial charge in [0.25, 0.3) is 5.91 Å².